The predicted molar refractivity (Wildman–Crippen MR) is 139 cm³/mol. The second kappa shape index (κ2) is 8.70. The molecule has 2 aromatic heterocycles. The molecule has 0 N–H and O–H groups in total. The van der Waals surface area contributed by atoms with Crippen LogP contribution in [0.3, 0.4) is 0 Å². The first-order valence-electron chi connectivity index (χ1n) is 12.2. The molecule has 0 amide bonds. The molecule has 8 heteroatoms. The van der Waals surface area contributed by atoms with Gasteiger partial charge in [0.25, 0.3) is 0 Å². The van der Waals surface area contributed by atoms with Gasteiger partial charge in [0.15, 0.2) is 0 Å². The van der Waals surface area contributed by atoms with Crippen LogP contribution in [0.25, 0.3) is 11.4 Å². The van der Waals surface area contributed by atoms with Crippen molar-refractivity contribution in [1.29, 1.82) is 0 Å². The summed E-state index contributed by atoms with van der Waals surface area (Å²) in [5.41, 5.74) is 1.77. The van der Waals surface area contributed by atoms with Crippen molar-refractivity contribution >= 4 is 0 Å². The first kappa shape index (κ1) is 22.0. The van der Waals surface area contributed by atoms with Gasteiger partial charge in [0, 0.05) is 20.9 Å². The van der Waals surface area contributed by atoms with Crippen LogP contribution in [0.2, 0.25) is 0 Å². The first-order chi connectivity index (χ1) is 18.8. The van der Waals surface area contributed by atoms with Gasteiger partial charge in [-0.05, 0) is 48.5 Å². The zero-order valence-corrected chi connectivity index (χ0v) is 20.7. The highest BCUT2D eigenvalue weighted by Crippen LogP contribution is 2.19. The molecule has 2 heterocycles. The van der Waals surface area contributed by atoms with E-state index in [-0.39, 0.29) is 0 Å². The minimum Gasteiger partial charge on any atom is -0.497 e. The minimum atomic E-state index is 0.779. The topological polar surface area (TPSA) is 79.9 Å². The van der Waals surface area contributed by atoms with Crippen LogP contribution in [-0.2, 0) is 0 Å². The lowest BCUT2D eigenvalue weighted by atomic mass is 10.1. The highest BCUT2D eigenvalue weighted by molar-refractivity contribution is 5.39. The number of benzene rings is 4. The van der Waals surface area contributed by atoms with Gasteiger partial charge in [0.2, 0.25) is 0 Å². The summed E-state index contributed by atoms with van der Waals surface area (Å²) in [5.74, 6) is 1.56. The maximum atomic E-state index is 5.37. The summed E-state index contributed by atoms with van der Waals surface area (Å²) in [5, 5.41) is 25.8. The number of fused-ring (bicyclic) bond motifs is 4. The smallest absolute Gasteiger partial charge is 0.122 e. The normalized spacial score (nSPS) is 15.2. The van der Waals surface area contributed by atoms with Gasteiger partial charge < -0.3 is 9.47 Å². The van der Waals surface area contributed by atoms with Crippen LogP contribution in [0.5, 0.6) is 11.5 Å². The molecule has 0 saturated carbocycles. The summed E-state index contributed by atoms with van der Waals surface area (Å²) in [4.78, 5) is 0. The Kier molecular flexibility index (Phi) is 5.04. The fourth-order valence-electron chi connectivity index (χ4n) is 5.01. The highest BCUT2D eigenvalue weighted by atomic mass is 16.5. The molecule has 7 rings (SSSR count). The summed E-state index contributed by atoms with van der Waals surface area (Å²) in [7, 11) is 3.32. The molecular weight excluding hydrogens is 476 g/mol. The number of rotatable bonds is 4. The van der Waals surface area contributed by atoms with Gasteiger partial charge in [0.05, 0.1) is 25.6 Å². The van der Waals surface area contributed by atoms with Crippen molar-refractivity contribution in [2.75, 3.05) is 14.2 Å². The fraction of sp³-hybridized carbons (Fsp3) is 0.0667. The Hall–Kier alpha value is -5.24. The van der Waals surface area contributed by atoms with Crippen LogP contribution in [-0.4, -0.2) is 44.2 Å². The molecule has 4 aromatic carbocycles. The maximum absolute atomic E-state index is 5.37. The van der Waals surface area contributed by atoms with E-state index in [1.54, 1.807) is 14.2 Å². The minimum absolute atomic E-state index is 0.779. The fourth-order valence-corrected chi connectivity index (χ4v) is 5.01. The van der Waals surface area contributed by atoms with Gasteiger partial charge in [-0.2, -0.15) is 0 Å². The zero-order valence-electron chi connectivity index (χ0n) is 20.7. The summed E-state index contributed by atoms with van der Waals surface area (Å²) in [6.07, 6.45) is 0. The molecule has 0 bridgehead atoms. The Morgan fingerprint density at radius 1 is 0.474 bits per heavy atom. The number of methoxy groups -OCH3 is 2. The second-order valence-corrected chi connectivity index (χ2v) is 8.88. The number of hydrogen-bond donors (Lipinski definition) is 0. The van der Waals surface area contributed by atoms with Gasteiger partial charge in [0.1, 0.15) is 32.9 Å². The van der Waals surface area contributed by atoms with E-state index in [0.29, 0.717) is 0 Å². The van der Waals surface area contributed by atoms with Crippen molar-refractivity contribution in [1.82, 2.24) is 30.0 Å². The van der Waals surface area contributed by atoms with Crippen molar-refractivity contribution in [2.45, 2.75) is 0 Å². The average Bonchev–Trinajstić information content (AvgIpc) is 3.61. The van der Waals surface area contributed by atoms with Gasteiger partial charge in [-0.25, -0.2) is 9.36 Å². The highest BCUT2D eigenvalue weighted by Gasteiger charge is 2.12. The van der Waals surface area contributed by atoms with E-state index in [0.717, 1.165) is 65.1 Å². The molecule has 0 fully saturated rings. The molecule has 0 radical (unpaired) electrons. The summed E-state index contributed by atoms with van der Waals surface area (Å²) in [6, 6.07) is 32.0. The third-order valence-electron chi connectivity index (χ3n) is 6.85. The van der Waals surface area contributed by atoms with E-state index in [9.17, 15) is 0 Å². The number of nitrogens with zero attached hydrogens (tertiary/aromatic N) is 6. The molecule has 184 valence electrons. The van der Waals surface area contributed by atoms with Crippen molar-refractivity contribution < 1.29 is 9.47 Å². The molecular formula is C30H22N6O2. The molecule has 1 aliphatic rings. The Balaban J connectivity index is 1.76. The number of ether oxygens (including phenoxy) is 2. The predicted octanol–water partition coefficient (Wildman–Crippen LogP) is 4.33. The second-order valence-electron chi connectivity index (χ2n) is 8.88. The van der Waals surface area contributed by atoms with E-state index >= 15 is 0 Å². The van der Waals surface area contributed by atoms with Gasteiger partial charge in [-0.15, -0.1) is 10.2 Å². The average molecular weight is 499 g/mol. The van der Waals surface area contributed by atoms with E-state index in [1.165, 1.54) is 0 Å². The van der Waals surface area contributed by atoms with E-state index in [1.807, 2.05) is 82.2 Å². The maximum Gasteiger partial charge on any atom is 0.122 e. The first-order valence-corrected chi connectivity index (χ1v) is 12.2. The summed E-state index contributed by atoms with van der Waals surface area (Å²) >= 11 is 0. The van der Waals surface area contributed by atoms with Crippen LogP contribution in [0.1, 0.15) is 0 Å². The lowest BCUT2D eigenvalue weighted by Crippen LogP contribution is -2.01. The zero-order chi connectivity index (χ0) is 25.6. The number of aromatic nitrogens is 6. The van der Waals surface area contributed by atoms with Crippen LogP contribution >= 0.6 is 0 Å². The van der Waals surface area contributed by atoms with Crippen LogP contribution in [0, 0.1) is 42.3 Å². The van der Waals surface area contributed by atoms with E-state index in [2.05, 4.69) is 44.9 Å². The third-order valence-corrected chi connectivity index (χ3v) is 6.85. The molecule has 8 nitrogen and oxygen atoms in total. The molecule has 0 atom stereocenters. The molecule has 0 aliphatic heterocycles. The lowest BCUT2D eigenvalue weighted by Gasteiger charge is -2.05. The van der Waals surface area contributed by atoms with E-state index < -0.39 is 0 Å². The van der Waals surface area contributed by atoms with Crippen LogP contribution < -0.4 is 9.47 Å². The molecule has 0 unspecified atom stereocenters. The molecule has 0 spiro atoms. The monoisotopic (exact) mass is 498 g/mol. The standard InChI is InChI=1S/C30H22N6O2/c1-37-21-15-11-19(12-16-21)35-29-25-9-5-6-10-26(25)30-28(24-8-4-3-7-23(24)27(29)31-33-35)32-34-36(30)20-13-17-22(38-2)18-14-20/h3-18H,1-2H3/b27-23+,28-24+,29-25+,30-26+. The Labute approximate surface area is 216 Å². The van der Waals surface area contributed by atoms with Crippen LogP contribution in [0.4, 0.5) is 0 Å². The molecule has 6 aromatic rings. The van der Waals surface area contributed by atoms with Gasteiger partial charge in [-0.3, -0.25) is 0 Å². The Morgan fingerprint density at radius 2 is 0.842 bits per heavy atom. The third kappa shape index (κ3) is 3.31. The van der Waals surface area contributed by atoms with Crippen molar-refractivity contribution in [2.24, 2.45) is 0 Å². The molecule has 1 aliphatic carbocycles. The number of hydrogen-bond acceptors (Lipinski definition) is 6. The van der Waals surface area contributed by atoms with Gasteiger partial charge >= 0.3 is 0 Å². The molecule has 38 heavy (non-hydrogen) atoms. The largest absolute Gasteiger partial charge is 0.497 e. The van der Waals surface area contributed by atoms with Crippen LogP contribution in [0.15, 0.2) is 97.1 Å². The summed E-state index contributed by atoms with van der Waals surface area (Å²) < 4.78 is 14.5. The molecule has 0 saturated heterocycles. The van der Waals surface area contributed by atoms with E-state index in [4.69, 9.17) is 9.47 Å². The van der Waals surface area contributed by atoms with Gasteiger partial charge in [-0.1, -0.05) is 59.0 Å². The lowest BCUT2D eigenvalue weighted by molar-refractivity contribution is 0.414. The van der Waals surface area contributed by atoms with Crippen molar-refractivity contribution in [3.63, 3.8) is 0 Å². The SMILES string of the molecule is COc1ccc(-n2nnc3/c2=c2/cccc/c2=c2/c(nnn2-c2ccc(OC)cc2)=c2/cccc/c2=3)cc1. The van der Waals surface area contributed by atoms with Crippen molar-refractivity contribution in [3.8, 4) is 22.9 Å². The van der Waals surface area contributed by atoms with Crippen molar-refractivity contribution in [3.05, 3.63) is 139 Å². The summed E-state index contributed by atoms with van der Waals surface area (Å²) in [6.45, 7) is 0. The Morgan fingerprint density at radius 3 is 1.21 bits per heavy atom. The quantitative estimate of drug-likeness (QED) is 0.360. The Bertz CT molecular complexity index is 2050.